The van der Waals surface area contributed by atoms with Crippen LogP contribution in [0, 0.1) is 17.8 Å². The average Bonchev–Trinajstić information content (AvgIpc) is 2.71. The molecule has 1 aromatic carbocycles. The fraction of sp³-hybridized carbons (Fsp3) is 0.630. The number of rotatable bonds is 12. The van der Waals surface area contributed by atoms with E-state index in [9.17, 15) is 24.3 Å². The van der Waals surface area contributed by atoms with Gasteiger partial charge in [-0.15, -0.1) is 0 Å². The van der Waals surface area contributed by atoms with Crippen LogP contribution < -0.4 is 15.2 Å². The van der Waals surface area contributed by atoms with Crippen LogP contribution in [0.4, 0.5) is 4.79 Å². The standard InChI is InChI=1S/C27H41NO9/c1-15(2)11-21(29)35-19-10-9-18(13-20(19)36-22(30)12-16(3)4)23(24(28)25(31)32)17(5)14-34-26(33)37-27(6,7)8/h9-10,13,15-17,23-24H,11-12,14,28H2,1-8H3,(H,31,32)/t17?,23?,24-/m0/s1. The number of nitrogens with two attached hydrogens (primary N) is 1. The number of carbonyl (C=O) groups is 4. The molecule has 1 rings (SSSR count). The average molecular weight is 524 g/mol. The molecule has 10 nitrogen and oxygen atoms in total. The highest BCUT2D eigenvalue weighted by molar-refractivity contribution is 5.77. The molecule has 10 heteroatoms. The highest BCUT2D eigenvalue weighted by atomic mass is 16.7. The Bertz CT molecular complexity index is 950. The normalized spacial score (nSPS) is 14.0. The molecule has 37 heavy (non-hydrogen) atoms. The minimum atomic E-state index is -1.37. The van der Waals surface area contributed by atoms with Gasteiger partial charge in [-0.3, -0.25) is 14.4 Å². The first-order valence-electron chi connectivity index (χ1n) is 12.4. The molecule has 1 aromatic rings. The molecule has 0 fully saturated rings. The summed E-state index contributed by atoms with van der Waals surface area (Å²) in [6, 6.07) is 3.06. The molecule has 0 aromatic heterocycles. The van der Waals surface area contributed by atoms with E-state index in [4.69, 9.17) is 24.7 Å². The topological polar surface area (TPSA) is 151 Å². The second-order valence-corrected chi connectivity index (χ2v) is 11.0. The molecule has 2 unspecified atom stereocenters. The number of esters is 2. The monoisotopic (exact) mass is 523 g/mol. The van der Waals surface area contributed by atoms with Crippen molar-refractivity contribution in [3.8, 4) is 11.5 Å². The summed E-state index contributed by atoms with van der Waals surface area (Å²) >= 11 is 0. The number of aliphatic carboxylic acids is 1. The largest absolute Gasteiger partial charge is 0.508 e. The Balaban J connectivity index is 3.34. The van der Waals surface area contributed by atoms with Gasteiger partial charge in [0.25, 0.3) is 0 Å². The molecule has 0 saturated carbocycles. The maximum atomic E-state index is 12.4. The number of hydrogen-bond donors (Lipinski definition) is 2. The van der Waals surface area contributed by atoms with E-state index in [-0.39, 0.29) is 42.8 Å². The van der Waals surface area contributed by atoms with Crippen LogP contribution in [0.2, 0.25) is 0 Å². The first-order chi connectivity index (χ1) is 17.0. The smallest absolute Gasteiger partial charge is 0.480 e. The summed E-state index contributed by atoms with van der Waals surface area (Å²) in [4.78, 5) is 48.6. The van der Waals surface area contributed by atoms with Crippen LogP contribution in [-0.2, 0) is 23.9 Å². The van der Waals surface area contributed by atoms with Gasteiger partial charge >= 0.3 is 24.1 Å². The SMILES string of the molecule is CC(C)CC(=O)Oc1ccc(C(C(C)COC(=O)OC(C)(C)C)[C@H](N)C(=O)O)cc1OC(=O)CC(C)C. The van der Waals surface area contributed by atoms with Crippen molar-refractivity contribution in [1.82, 2.24) is 0 Å². The molecule has 0 aliphatic carbocycles. The minimum Gasteiger partial charge on any atom is -0.480 e. The van der Waals surface area contributed by atoms with E-state index in [2.05, 4.69) is 0 Å². The zero-order valence-electron chi connectivity index (χ0n) is 23.0. The Hall–Kier alpha value is -3.14. The van der Waals surface area contributed by atoms with Gasteiger partial charge in [0.2, 0.25) is 0 Å². The van der Waals surface area contributed by atoms with Gasteiger partial charge in [0, 0.05) is 18.8 Å². The molecule has 0 heterocycles. The van der Waals surface area contributed by atoms with E-state index in [0.717, 1.165) is 0 Å². The van der Waals surface area contributed by atoms with E-state index in [1.807, 2.05) is 27.7 Å². The quantitative estimate of drug-likeness (QED) is 0.292. The lowest BCUT2D eigenvalue weighted by atomic mass is 9.82. The van der Waals surface area contributed by atoms with Crippen molar-refractivity contribution in [3.05, 3.63) is 23.8 Å². The van der Waals surface area contributed by atoms with Gasteiger partial charge in [0.1, 0.15) is 11.6 Å². The zero-order valence-corrected chi connectivity index (χ0v) is 23.0. The van der Waals surface area contributed by atoms with Gasteiger partial charge in [0.15, 0.2) is 11.5 Å². The Kier molecular flexibility index (Phi) is 12.0. The molecule has 0 aliphatic rings. The Labute approximate surface area is 218 Å². The van der Waals surface area contributed by atoms with Crippen LogP contribution in [-0.4, -0.2) is 47.4 Å². The molecule has 0 radical (unpaired) electrons. The third-order valence-electron chi connectivity index (χ3n) is 5.09. The van der Waals surface area contributed by atoms with Crippen LogP contribution in [0.3, 0.4) is 0 Å². The van der Waals surface area contributed by atoms with Crippen LogP contribution in [0.15, 0.2) is 18.2 Å². The molecule has 0 aliphatic heterocycles. The van der Waals surface area contributed by atoms with Crippen LogP contribution in [0.25, 0.3) is 0 Å². The molecule has 0 amide bonds. The molecular weight excluding hydrogens is 482 g/mol. The number of carboxylic acids is 1. The summed E-state index contributed by atoms with van der Waals surface area (Å²) in [6.07, 6.45) is -0.605. The zero-order chi connectivity index (χ0) is 28.5. The van der Waals surface area contributed by atoms with E-state index in [0.29, 0.717) is 5.56 Å². The van der Waals surface area contributed by atoms with Gasteiger partial charge in [0.05, 0.1) is 6.61 Å². The van der Waals surface area contributed by atoms with Gasteiger partial charge in [-0.2, -0.15) is 0 Å². The van der Waals surface area contributed by atoms with Crippen LogP contribution >= 0.6 is 0 Å². The van der Waals surface area contributed by atoms with Crippen molar-refractivity contribution >= 4 is 24.1 Å². The fourth-order valence-corrected chi connectivity index (χ4v) is 3.52. The predicted octanol–water partition coefficient (Wildman–Crippen LogP) is 4.67. The highest BCUT2D eigenvalue weighted by Gasteiger charge is 2.33. The maximum absolute atomic E-state index is 12.4. The first-order valence-corrected chi connectivity index (χ1v) is 12.4. The van der Waals surface area contributed by atoms with Crippen molar-refractivity contribution in [3.63, 3.8) is 0 Å². The van der Waals surface area contributed by atoms with Gasteiger partial charge in [-0.25, -0.2) is 4.79 Å². The summed E-state index contributed by atoms with van der Waals surface area (Å²) in [5, 5.41) is 9.65. The van der Waals surface area contributed by atoms with Crippen molar-refractivity contribution in [2.24, 2.45) is 23.5 Å². The van der Waals surface area contributed by atoms with E-state index in [1.54, 1.807) is 33.8 Å². The van der Waals surface area contributed by atoms with E-state index < -0.39 is 47.5 Å². The number of benzene rings is 1. The number of carbonyl (C=O) groups excluding carboxylic acids is 3. The van der Waals surface area contributed by atoms with Gasteiger partial charge in [-0.05, 0) is 56.2 Å². The van der Waals surface area contributed by atoms with Crippen molar-refractivity contribution in [1.29, 1.82) is 0 Å². The molecule has 0 saturated heterocycles. The summed E-state index contributed by atoms with van der Waals surface area (Å²) in [5.74, 6) is -3.61. The van der Waals surface area contributed by atoms with E-state index in [1.165, 1.54) is 12.1 Å². The third kappa shape index (κ3) is 11.6. The first kappa shape index (κ1) is 31.9. The lowest BCUT2D eigenvalue weighted by molar-refractivity contribution is -0.139. The number of carboxylic acid groups (broad SMARTS) is 1. The summed E-state index contributed by atoms with van der Waals surface area (Å²) in [7, 11) is 0. The fourth-order valence-electron chi connectivity index (χ4n) is 3.52. The van der Waals surface area contributed by atoms with Crippen molar-refractivity contribution < 1.29 is 43.2 Å². The van der Waals surface area contributed by atoms with Crippen molar-refractivity contribution in [2.75, 3.05) is 6.61 Å². The highest BCUT2D eigenvalue weighted by Crippen LogP contribution is 2.36. The molecule has 3 N–H and O–H groups in total. The predicted molar refractivity (Wildman–Crippen MR) is 136 cm³/mol. The molecule has 0 spiro atoms. The molecular formula is C27H41NO9. The second kappa shape index (κ2) is 14.0. The lowest BCUT2D eigenvalue weighted by Crippen LogP contribution is -2.41. The lowest BCUT2D eigenvalue weighted by Gasteiger charge is -2.28. The molecule has 208 valence electrons. The van der Waals surface area contributed by atoms with Crippen molar-refractivity contribution in [2.45, 2.75) is 85.8 Å². The Morgan fingerprint density at radius 1 is 0.892 bits per heavy atom. The number of hydrogen-bond acceptors (Lipinski definition) is 9. The third-order valence-corrected chi connectivity index (χ3v) is 5.09. The maximum Gasteiger partial charge on any atom is 0.508 e. The summed E-state index contributed by atoms with van der Waals surface area (Å²) < 4.78 is 21.3. The minimum absolute atomic E-state index is 0.0249. The summed E-state index contributed by atoms with van der Waals surface area (Å²) in [6.45, 7) is 14.0. The Morgan fingerprint density at radius 2 is 1.41 bits per heavy atom. The van der Waals surface area contributed by atoms with Gasteiger partial charge < -0.3 is 29.8 Å². The summed E-state index contributed by atoms with van der Waals surface area (Å²) in [5.41, 5.74) is 5.68. The van der Waals surface area contributed by atoms with E-state index >= 15 is 0 Å². The Morgan fingerprint density at radius 3 is 1.86 bits per heavy atom. The second-order valence-electron chi connectivity index (χ2n) is 11.0. The molecule has 3 atom stereocenters. The van der Waals surface area contributed by atoms with Crippen LogP contribution in [0.5, 0.6) is 11.5 Å². The number of ether oxygens (including phenoxy) is 4. The van der Waals surface area contributed by atoms with Crippen LogP contribution in [0.1, 0.15) is 79.7 Å². The van der Waals surface area contributed by atoms with Gasteiger partial charge in [-0.1, -0.05) is 40.7 Å². The molecule has 0 bridgehead atoms.